The predicted octanol–water partition coefficient (Wildman–Crippen LogP) is 3.29. The Hall–Kier alpha value is -2.76. The summed E-state index contributed by atoms with van der Waals surface area (Å²) in [7, 11) is 0. The van der Waals surface area contributed by atoms with Gasteiger partial charge in [0.1, 0.15) is 11.4 Å². The molecule has 0 radical (unpaired) electrons. The van der Waals surface area contributed by atoms with Gasteiger partial charge in [-0.15, -0.1) is 0 Å². The maximum Gasteiger partial charge on any atom is 0.282 e. The number of rotatable bonds is 3. The van der Waals surface area contributed by atoms with Crippen molar-refractivity contribution in [2.45, 2.75) is 6.92 Å². The molecule has 2 rings (SSSR count). The first-order valence-electron chi connectivity index (χ1n) is 5.79. The smallest absolute Gasteiger partial charge is 0.282 e. The van der Waals surface area contributed by atoms with Gasteiger partial charge in [0, 0.05) is 11.8 Å². The van der Waals surface area contributed by atoms with Crippen molar-refractivity contribution in [1.82, 2.24) is 0 Å². The number of aryl methyl sites for hydroxylation is 1. The zero-order chi connectivity index (χ0) is 14.7. The van der Waals surface area contributed by atoms with Gasteiger partial charge < -0.3 is 5.32 Å². The zero-order valence-electron chi connectivity index (χ0n) is 10.6. The first kappa shape index (κ1) is 13.7. The molecule has 102 valence electrons. The largest absolute Gasteiger partial charge is 0.322 e. The first-order chi connectivity index (χ1) is 9.47. The number of nitrogens with zero attached hydrogens (tertiary/aromatic N) is 1. The van der Waals surface area contributed by atoms with Gasteiger partial charge in [0.15, 0.2) is 0 Å². The van der Waals surface area contributed by atoms with Crippen LogP contribution in [0.15, 0.2) is 42.5 Å². The second-order valence-corrected chi connectivity index (χ2v) is 4.24. The number of amides is 1. The quantitative estimate of drug-likeness (QED) is 0.689. The molecule has 0 unspecified atom stereocenters. The summed E-state index contributed by atoms with van der Waals surface area (Å²) in [4.78, 5) is 22.1. The minimum atomic E-state index is -0.722. The third kappa shape index (κ3) is 2.97. The molecule has 2 aromatic rings. The lowest BCUT2D eigenvalue weighted by molar-refractivity contribution is -0.385. The number of halogens is 1. The Kier molecular flexibility index (Phi) is 3.74. The molecule has 0 bridgehead atoms. The average molecular weight is 274 g/mol. The Morgan fingerprint density at radius 3 is 2.45 bits per heavy atom. The summed E-state index contributed by atoms with van der Waals surface area (Å²) in [5, 5.41) is 13.3. The van der Waals surface area contributed by atoms with Crippen molar-refractivity contribution in [2.24, 2.45) is 0 Å². The van der Waals surface area contributed by atoms with Gasteiger partial charge in [-0.1, -0.05) is 17.7 Å². The number of anilines is 1. The number of nitro benzene ring substituents is 1. The summed E-state index contributed by atoms with van der Waals surface area (Å²) in [5.74, 6) is -1.43. The number of hydrogen-bond donors (Lipinski definition) is 1. The van der Waals surface area contributed by atoms with Gasteiger partial charge in [-0.2, -0.15) is 0 Å². The highest BCUT2D eigenvalue weighted by atomic mass is 19.1. The van der Waals surface area contributed by atoms with Crippen LogP contribution in [0.3, 0.4) is 0 Å². The maximum atomic E-state index is 13.2. The van der Waals surface area contributed by atoms with Crippen LogP contribution in [0.2, 0.25) is 0 Å². The van der Waals surface area contributed by atoms with E-state index >= 15 is 0 Å². The molecule has 0 spiro atoms. The monoisotopic (exact) mass is 274 g/mol. The van der Waals surface area contributed by atoms with Gasteiger partial charge >= 0.3 is 0 Å². The van der Waals surface area contributed by atoms with Crippen LogP contribution in [-0.4, -0.2) is 10.8 Å². The van der Waals surface area contributed by atoms with E-state index in [1.807, 2.05) is 6.92 Å². The number of benzene rings is 2. The SMILES string of the molecule is Cc1ccc(NC(=O)c2cc(F)ccc2[N+](=O)[O-])cc1. The summed E-state index contributed by atoms with van der Waals surface area (Å²) in [6.45, 7) is 1.89. The molecule has 0 aliphatic carbocycles. The molecule has 0 fully saturated rings. The van der Waals surface area contributed by atoms with E-state index in [4.69, 9.17) is 0 Å². The van der Waals surface area contributed by atoms with Crippen LogP contribution in [0, 0.1) is 22.9 Å². The van der Waals surface area contributed by atoms with E-state index in [9.17, 15) is 19.3 Å². The number of nitro groups is 1. The van der Waals surface area contributed by atoms with E-state index in [0.29, 0.717) is 5.69 Å². The number of carbonyl (C=O) groups is 1. The summed E-state index contributed by atoms with van der Waals surface area (Å²) in [6.07, 6.45) is 0. The second-order valence-electron chi connectivity index (χ2n) is 4.24. The molecule has 20 heavy (non-hydrogen) atoms. The topological polar surface area (TPSA) is 72.2 Å². The van der Waals surface area contributed by atoms with Crippen molar-refractivity contribution in [3.05, 3.63) is 69.5 Å². The molecule has 1 N–H and O–H groups in total. The van der Waals surface area contributed by atoms with E-state index in [0.717, 1.165) is 23.8 Å². The van der Waals surface area contributed by atoms with Crippen LogP contribution in [0.5, 0.6) is 0 Å². The summed E-state index contributed by atoms with van der Waals surface area (Å²) in [6, 6.07) is 9.67. The van der Waals surface area contributed by atoms with E-state index in [-0.39, 0.29) is 5.56 Å². The molecule has 0 saturated heterocycles. The summed E-state index contributed by atoms with van der Waals surface area (Å²) >= 11 is 0. The van der Waals surface area contributed by atoms with Crippen molar-refractivity contribution in [3.8, 4) is 0 Å². The van der Waals surface area contributed by atoms with E-state index in [1.54, 1.807) is 24.3 Å². The van der Waals surface area contributed by atoms with Crippen molar-refractivity contribution in [2.75, 3.05) is 5.32 Å². The van der Waals surface area contributed by atoms with Crippen molar-refractivity contribution in [1.29, 1.82) is 0 Å². The molecule has 5 nitrogen and oxygen atoms in total. The fourth-order valence-corrected chi connectivity index (χ4v) is 1.68. The van der Waals surface area contributed by atoms with Crippen LogP contribution in [0.1, 0.15) is 15.9 Å². The molecule has 6 heteroatoms. The normalized spacial score (nSPS) is 10.1. The minimum absolute atomic E-state index is 0.310. The third-order valence-electron chi connectivity index (χ3n) is 2.71. The van der Waals surface area contributed by atoms with Crippen LogP contribution in [0.25, 0.3) is 0 Å². The van der Waals surface area contributed by atoms with Gasteiger partial charge in [-0.05, 0) is 31.2 Å². The van der Waals surface area contributed by atoms with Crippen LogP contribution in [0.4, 0.5) is 15.8 Å². The molecular weight excluding hydrogens is 263 g/mol. The molecule has 0 aromatic heterocycles. The number of hydrogen-bond acceptors (Lipinski definition) is 3. The third-order valence-corrected chi connectivity index (χ3v) is 2.71. The second kappa shape index (κ2) is 5.48. The highest BCUT2D eigenvalue weighted by molar-refractivity contribution is 6.07. The van der Waals surface area contributed by atoms with Crippen molar-refractivity contribution >= 4 is 17.3 Å². The van der Waals surface area contributed by atoms with E-state index in [1.165, 1.54) is 0 Å². The van der Waals surface area contributed by atoms with Crippen molar-refractivity contribution in [3.63, 3.8) is 0 Å². The van der Waals surface area contributed by atoms with Gasteiger partial charge in [0.25, 0.3) is 11.6 Å². The Balaban J connectivity index is 2.31. The average Bonchev–Trinajstić information content (AvgIpc) is 2.41. The molecule has 0 atom stereocenters. The molecule has 0 saturated carbocycles. The summed E-state index contributed by atoms with van der Waals surface area (Å²) < 4.78 is 13.2. The lowest BCUT2D eigenvalue weighted by atomic mass is 10.1. The molecule has 1 amide bonds. The predicted molar refractivity (Wildman–Crippen MR) is 72.2 cm³/mol. The summed E-state index contributed by atoms with van der Waals surface area (Å²) in [5.41, 5.74) is 0.755. The van der Waals surface area contributed by atoms with E-state index < -0.39 is 22.3 Å². The lowest BCUT2D eigenvalue weighted by Gasteiger charge is -2.06. The molecule has 0 aliphatic heterocycles. The van der Waals surface area contributed by atoms with Crippen LogP contribution >= 0.6 is 0 Å². The number of nitrogens with one attached hydrogen (secondary N) is 1. The molecular formula is C14H11FN2O3. The minimum Gasteiger partial charge on any atom is -0.322 e. The Labute approximate surface area is 114 Å². The molecule has 2 aromatic carbocycles. The van der Waals surface area contributed by atoms with Gasteiger partial charge in [0.2, 0.25) is 0 Å². The zero-order valence-corrected chi connectivity index (χ0v) is 10.6. The Bertz CT molecular complexity index is 669. The fraction of sp³-hybridized carbons (Fsp3) is 0.0714. The molecule has 0 heterocycles. The van der Waals surface area contributed by atoms with Gasteiger partial charge in [-0.3, -0.25) is 14.9 Å². The van der Waals surface area contributed by atoms with E-state index in [2.05, 4.69) is 5.32 Å². The Morgan fingerprint density at radius 1 is 1.20 bits per heavy atom. The van der Waals surface area contributed by atoms with Gasteiger partial charge in [-0.25, -0.2) is 4.39 Å². The standard InChI is InChI=1S/C14H11FN2O3/c1-9-2-5-11(6-3-9)16-14(18)12-8-10(15)4-7-13(12)17(19)20/h2-8H,1H3,(H,16,18). The highest BCUT2D eigenvalue weighted by Crippen LogP contribution is 2.21. The maximum absolute atomic E-state index is 13.2. The fourth-order valence-electron chi connectivity index (χ4n) is 1.68. The lowest BCUT2D eigenvalue weighted by Crippen LogP contribution is -2.14. The molecule has 0 aliphatic rings. The van der Waals surface area contributed by atoms with Crippen LogP contribution in [-0.2, 0) is 0 Å². The van der Waals surface area contributed by atoms with Crippen LogP contribution < -0.4 is 5.32 Å². The first-order valence-corrected chi connectivity index (χ1v) is 5.79. The van der Waals surface area contributed by atoms with Gasteiger partial charge in [0.05, 0.1) is 4.92 Å². The number of carbonyl (C=O) groups excluding carboxylic acids is 1. The van der Waals surface area contributed by atoms with Crippen molar-refractivity contribution < 1.29 is 14.1 Å². The highest BCUT2D eigenvalue weighted by Gasteiger charge is 2.20. The Morgan fingerprint density at radius 2 is 1.85 bits per heavy atom.